The maximum Gasteiger partial charge on any atom is 0.232 e. The Bertz CT molecular complexity index is 977. The molecule has 0 aromatic heterocycles. The number of rotatable bonds is 10. The fourth-order valence-electron chi connectivity index (χ4n) is 3.45. The van der Waals surface area contributed by atoms with Crippen LogP contribution in [-0.2, 0) is 28.9 Å². The summed E-state index contributed by atoms with van der Waals surface area (Å²) in [6, 6.07) is 21.7. The molecule has 0 aliphatic heterocycles. The van der Waals surface area contributed by atoms with Crippen molar-refractivity contribution in [2.75, 3.05) is 13.1 Å². The zero-order valence-corrected chi connectivity index (χ0v) is 17.7. The van der Waals surface area contributed by atoms with Gasteiger partial charge in [-0.25, -0.2) is 8.78 Å². The number of nitrogens with one attached hydrogen (secondary N) is 2. The third-order valence-electron chi connectivity index (χ3n) is 5.12. The molecule has 0 saturated heterocycles. The molecule has 0 aliphatic rings. The van der Waals surface area contributed by atoms with Gasteiger partial charge in [0.1, 0.15) is 17.6 Å². The third kappa shape index (κ3) is 7.30. The summed E-state index contributed by atoms with van der Waals surface area (Å²) in [6.07, 6.45) is 1.18. The molecular formula is C26H26F2N2O2. The van der Waals surface area contributed by atoms with E-state index in [0.29, 0.717) is 25.9 Å². The smallest absolute Gasteiger partial charge is 0.232 e. The van der Waals surface area contributed by atoms with Gasteiger partial charge in [-0.15, -0.1) is 0 Å². The minimum absolute atomic E-state index is 0.262. The van der Waals surface area contributed by atoms with Crippen LogP contribution in [0.2, 0.25) is 0 Å². The maximum absolute atomic E-state index is 13.3. The molecule has 2 amide bonds. The number of hydrogen-bond acceptors (Lipinski definition) is 2. The average Bonchev–Trinajstić information content (AvgIpc) is 2.78. The lowest BCUT2D eigenvalue weighted by Crippen LogP contribution is -2.43. The first kappa shape index (κ1) is 23.1. The molecule has 0 saturated carbocycles. The molecule has 3 rings (SSSR count). The fourth-order valence-corrected chi connectivity index (χ4v) is 3.45. The topological polar surface area (TPSA) is 58.2 Å². The summed E-state index contributed by atoms with van der Waals surface area (Å²) < 4.78 is 26.7. The van der Waals surface area contributed by atoms with Gasteiger partial charge < -0.3 is 10.6 Å². The predicted molar refractivity (Wildman–Crippen MR) is 120 cm³/mol. The molecule has 0 aliphatic carbocycles. The summed E-state index contributed by atoms with van der Waals surface area (Å²) in [5, 5.41) is 5.59. The van der Waals surface area contributed by atoms with Gasteiger partial charge in [-0.2, -0.15) is 0 Å². The second kappa shape index (κ2) is 11.7. The van der Waals surface area contributed by atoms with Crippen LogP contribution in [0.4, 0.5) is 8.78 Å². The van der Waals surface area contributed by atoms with Gasteiger partial charge in [0.25, 0.3) is 0 Å². The van der Waals surface area contributed by atoms with E-state index >= 15 is 0 Å². The zero-order valence-electron chi connectivity index (χ0n) is 17.7. The molecule has 0 fully saturated rings. The van der Waals surface area contributed by atoms with E-state index in [0.717, 1.165) is 16.7 Å². The summed E-state index contributed by atoms with van der Waals surface area (Å²) in [4.78, 5) is 25.7. The van der Waals surface area contributed by atoms with Crippen molar-refractivity contribution >= 4 is 11.8 Å². The molecule has 0 bridgehead atoms. The van der Waals surface area contributed by atoms with E-state index in [1.807, 2.05) is 30.3 Å². The Morgan fingerprint density at radius 3 is 1.59 bits per heavy atom. The number of benzene rings is 3. The van der Waals surface area contributed by atoms with E-state index in [1.165, 1.54) is 24.3 Å². The van der Waals surface area contributed by atoms with Crippen molar-refractivity contribution < 1.29 is 18.4 Å². The summed E-state index contributed by atoms with van der Waals surface area (Å²) in [7, 11) is 0. The molecule has 2 N–H and O–H groups in total. The molecule has 166 valence electrons. The Morgan fingerprint density at radius 2 is 1.12 bits per heavy atom. The number of halogens is 2. The van der Waals surface area contributed by atoms with Gasteiger partial charge in [-0.1, -0.05) is 54.6 Å². The van der Waals surface area contributed by atoms with Crippen LogP contribution in [0.1, 0.15) is 16.7 Å². The monoisotopic (exact) mass is 436 g/mol. The zero-order chi connectivity index (χ0) is 22.8. The summed E-state index contributed by atoms with van der Waals surface area (Å²) in [6.45, 7) is 0.592. The first-order valence-electron chi connectivity index (χ1n) is 10.6. The number of amides is 2. The highest BCUT2D eigenvalue weighted by atomic mass is 19.1. The molecule has 0 heterocycles. The standard InChI is InChI=1S/C26H26F2N2O2/c27-22-10-4-8-20(16-22)12-14-29-25(31)24(18-19-6-2-1-3-7-19)26(32)30-15-13-21-9-5-11-23(28)17-21/h1-11,16-17,24H,12-15,18H2,(H,29,31)(H,30,32). The Morgan fingerprint density at radius 1 is 0.656 bits per heavy atom. The van der Waals surface area contributed by atoms with Crippen molar-refractivity contribution in [2.45, 2.75) is 19.3 Å². The van der Waals surface area contributed by atoms with Gasteiger partial charge >= 0.3 is 0 Å². The SMILES string of the molecule is O=C(NCCc1cccc(F)c1)C(Cc1ccccc1)C(=O)NCCc1cccc(F)c1. The summed E-state index contributed by atoms with van der Waals surface area (Å²) in [5.74, 6) is -2.32. The second-order valence-corrected chi connectivity index (χ2v) is 7.58. The quantitative estimate of drug-likeness (QED) is 0.475. The molecular weight excluding hydrogens is 410 g/mol. The van der Waals surface area contributed by atoms with Crippen LogP contribution >= 0.6 is 0 Å². The lowest BCUT2D eigenvalue weighted by molar-refractivity contribution is -0.135. The van der Waals surface area contributed by atoms with E-state index in [4.69, 9.17) is 0 Å². The number of hydrogen-bond donors (Lipinski definition) is 2. The van der Waals surface area contributed by atoms with E-state index < -0.39 is 5.92 Å². The van der Waals surface area contributed by atoms with Crippen molar-refractivity contribution in [3.8, 4) is 0 Å². The second-order valence-electron chi connectivity index (χ2n) is 7.58. The van der Waals surface area contributed by atoms with Gasteiger partial charge in [0.05, 0.1) is 0 Å². The predicted octanol–water partition coefficient (Wildman–Crippen LogP) is 3.84. The minimum Gasteiger partial charge on any atom is -0.355 e. The van der Waals surface area contributed by atoms with Crippen LogP contribution in [0, 0.1) is 17.6 Å². The fraction of sp³-hybridized carbons (Fsp3) is 0.231. The Labute approximate surface area is 186 Å². The molecule has 0 spiro atoms. The first-order valence-corrected chi connectivity index (χ1v) is 10.6. The van der Waals surface area contributed by atoms with E-state index in [9.17, 15) is 18.4 Å². The van der Waals surface area contributed by atoms with Crippen LogP contribution in [0.3, 0.4) is 0 Å². The van der Waals surface area contributed by atoms with Crippen LogP contribution in [-0.4, -0.2) is 24.9 Å². The highest BCUT2D eigenvalue weighted by Crippen LogP contribution is 2.11. The van der Waals surface area contributed by atoms with Crippen molar-refractivity contribution in [3.05, 3.63) is 107 Å². The average molecular weight is 437 g/mol. The molecule has 3 aromatic carbocycles. The van der Waals surface area contributed by atoms with Gasteiger partial charge in [0.2, 0.25) is 11.8 Å². The third-order valence-corrected chi connectivity index (χ3v) is 5.12. The molecule has 0 radical (unpaired) electrons. The van der Waals surface area contributed by atoms with Crippen molar-refractivity contribution in [1.82, 2.24) is 10.6 Å². The Hall–Kier alpha value is -3.54. The number of carbonyl (C=O) groups is 2. The lowest BCUT2D eigenvalue weighted by atomic mass is 9.97. The summed E-state index contributed by atoms with van der Waals surface area (Å²) in [5.41, 5.74) is 2.41. The molecule has 3 aromatic rings. The van der Waals surface area contributed by atoms with Crippen molar-refractivity contribution in [1.29, 1.82) is 0 Å². The van der Waals surface area contributed by atoms with Crippen molar-refractivity contribution in [2.24, 2.45) is 5.92 Å². The van der Waals surface area contributed by atoms with Gasteiger partial charge in [-0.05, 0) is 60.2 Å². The lowest BCUT2D eigenvalue weighted by Gasteiger charge is -2.17. The van der Waals surface area contributed by atoms with Crippen LogP contribution in [0.5, 0.6) is 0 Å². The largest absolute Gasteiger partial charge is 0.355 e. The minimum atomic E-state index is -0.905. The van der Waals surface area contributed by atoms with Crippen LogP contribution < -0.4 is 10.6 Å². The molecule has 6 heteroatoms. The molecule has 0 atom stereocenters. The Kier molecular flexibility index (Phi) is 8.49. The molecule has 4 nitrogen and oxygen atoms in total. The Balaban J connectivity index is 1.58. The molecule has 32 heavy (non-hydrogen) atoms. The van der Waals surface area contributed by atoms with E-state index in [2.05, 4.69) is 10.6 Å². The van der Waals surface area contributed by atoms with Gasteiger partial charge in [0.15, 0.2) is 0 Å². The van der Waals surface area contributed by atoms with Crippen LogP contribution in [0.25, 0.3) is 0 Å². The van der Waals surface area contributed by atoms with Crippen LogP contribution in [0.15, 0.2) is 78.9 Å². The summed E-state index contributed by atoms with van der Waals surface area (Å²) >= 11 is 0. The van der Waals surface area contributed by atoms with E-state index in [1.54, 1.807) is 24.3 Å². The highest BCUT2D eigenvalue weighted by molar-refractivity contribution is 6.00. The molecule has 0 unspecified atom stereocenters. The van der Waals surface area contributed by atoms with Gasteiger partial charge in [-0.3, -0.25) is 9.59 Å². The van der Waals surface area contributed by atoms with Gasteiger partial charge in [0, 0.05) is 13.1 Å². The normalized spacial score (nSPS) is 10.7. The maximum atomic E-state index is 13.3. The van der Waals surface area contributed by atoms with Crippen molar-refractivity contribution in [3.63, 3.8) is 0 Å². The first-order chi connectivity index (χ1) is 15.5. The highest BCUT2D eigenvalue weighted by Gasteiger charge is 2.26. The number of carbonyl (C=O) groups excluding carboxylic acids is 2. The van der Waals surface area contributed by atoms with E-state index in [-0.39, 0.29) is 29.9 Å².